The number of fused-ring (bicyclic) bond motifs is 1. The lowest BCUT2D eigenvalue weighted by Crippen LogP contribution is -2.16. The Bertz CT molecular complexity index is 740. The fraction of sp³-hybridized carbons (Fsp3) is 0. The molecule has 94 valence electrons. The van der Waals surface area contributed by atoms with Crippen LogP contribution in [0.25, 0.3) is 0 Å². The Labute approximate surface area is 122 Å². The first-order valence-corrected chi connectivity index (χ1v) is 6.69. The minimum absolute atomic E-state index is 0.107. The molecule has 0 unspecified atom stereocenters. The maximum absolute atomic E-state index is 12.3. The maximum atomic E-state index is 12.3. The molecule has 2 aromatic carbocycles. The van der Waals surface area contributed by atoms with Crippen LogP contribution in [0.4, 0.5) is 5.69 Å². The molecule has 0 N–H and O–H groups in total. The Morgan fingerprint density at radius 1 is 1.16 bits per heavy atom. The summed E-state index contributed by atoms with van der Waals surface area (Å²) in [5.74, 6) is -0.284. The molecule has 1 aliphatic heterocycles. The first-order valence-electron chi connectivity index (χ1n) is 5.52. The maximum Gasteiger partial charge on any atom is 0.273 e. The van der Waals surface area contributed by atoms with Gasteiger partial charge in [0.15, 0.2) is 0 Å². The van der Waals surface area contributed by atoms with E-state index in [0.717, 1.165) is 4.47 Å². The summed E-state index contributed by atoms with van der Waals surface area (Å²) in [6.07, 6.45) is 0. The Hall–Kier alpha value is -1.65. The molecule has 0 saturated carbocycles. The summed E-state index contributed by atoms with van der Waals surface area (Å²) in [5.41, 5.74) is 1.40. The van der Waals surface area contributed by atoms with E-state index in [-0.39, 0.29) is 11.5 Å². The van der Waals surface area contributed by atoms with Gasteiger partial charge < -0.3 is 5.21 Å². The number of hydrogen-bond donors (Lipinski definition) is 0. The number of nitrogens with zero attached hydrogens (tertiary/aromatic N) is 1. The Kier molecular flexibility index (Phi) is 2.92. The zero-order valence-electron chi connectivity index (χ0n) is 9.56. The summed E-state index contributed by atoms with van der Waals surface area (Å²) < 4.78 is 1.43. The van der Waals surface area contributed by atoms with Crippen molar-refractivity contribution in [3.8, 4) is 0 Å². The molecule has 1 aliphatic rings. The fourth-order valence-corrected chi connectivity index (χ4v) is 2.64. The van der Waals surface area contributed by atoms with Gasteiger partial charge in [0.2, 0.25) is 5.69 Å². The monoisotopic (exact) mass is 335 g/mol. The van der Waals surface area contributed by atoms with Crippen molar-refractivity contribution in [2.24, 2.45) is 0 Å². The van der Waals surface area contributed by atoms with Crippen molar-refractivity contribution in [3.63, 3.8) is 0 Å². The van der Waals surface area contributed by atoms with Crippen molar-refractivity contribution < 1.29 is 9.53 Å². The number of halogens is 2. The smallest absolute Gasteiger partial charge is 0.273 e. The van der Waals surface area contributed by atoms with Gasteiger partial charge in [-0.15, -0.1) is 0 Å². The lowest BCUT2D eigenvalue weighted by molar-refractivity contribution is -0.355. The van der Waals surface area contributed by atoms with Gasteiger partial charge in [-0.2, -0.15) is 4.74 Å². The molecular weight excluding hydrogens is 330 g/mol. The van der Waals surface area contributed by atoms with Gasteiger partial charge >= 0.3 is 0 Å². The molecule has 0 radical (unpaired) electrons. The van der Waals surface area contributed by atoms with Gasteiger partial charge in [0, 0.05) is 15.6 Å². The van der Waals surface area contributed by atoms with Crippen LogP contribution in [0.5, 0.6) is 0 Å². The van der Waals surface area contributed by atoms with Gasteiger partial charge in [-0.05, 0) is 30.3 Å². The number of hydrogen-bond acceptors (Lipinski definition) is 2. The minimum atomic E-state index is -0.284. The van der Waals surface area contributed by atoms with E-state index in [1.54, 1.807) is 42.5 Å². The zero-order valence-corrected chi connectivity index (χ0v) is 11.9. The SMILES string of the molecule is O=C1C(c2cccc(Cl)c2)=[N+]([O-])c2ccc(Br)cc21. The molecule has 0 aliphatic carbocycles. The lowest BCUT2D eigenvalue weighted by atomic mass is 10.0. The van der Waals surface area contributed by atoms with Gasteiger partial charge in [-0.25, -0.2) is 0 Å². The van der Waals surface area contributed by atoms with E-state index in [9.17, 15) is 10.0 Å². The van der Waals surface area contributed by atoms with Crippen LogP contribution in [-0.4, -0.2) is 16.2 Å². The molecule has 0 bridgehead atoms. The van der Waals surface area contributed by atoms with Gasteiger partial charge in [-0.3, -0.25) is 4.79 Å². The molecule has 0 spiro atoms. The molecule has 19 heavy (non-hydrogen) atoms. The second kappa shape index (κ2) is 4.47. The average molecular weight is 337 g/mol. The van der Waals surface area contributed by atoms with Crippen molar-refractivity contribution in [2.75, 3.05) is 0 Å². The van der Waals surface area contributed by atoms with Crippen LogP contribution >= 0.6 is 27.5 Å². The highest BCUT2D eigenvalue weighted by Gasteiger charge is 2.36. The van der Waals surface area contributed by atoms with Crippen LogP contribution in [0.15, 0.2) is 46.9 Å². The van der Waals surface area contributed by atoms with E-state index >= 15 is 0 Å². The van der Waals surface area contributed by atoms with E-state index in [1.807, 2.05) is 0 Å². The van der Waals surface area contributed by atoms with Crippen molar-refractivity contribution in [3.05, 3.63) is 68.3 Å². The molecule has 0 aromatic heterocycles. The predicted molar refractivity (Wildman–Crippen MR) is 77.3 cm³/mol. The summed E-state index contributed by atoms with van der Waals surface area (Å²) in [5, 5.41) is 12.7. The molecule has 0 atom stereocenters. The summed E-state index contributed by atoms with van der Waals surface area (Å²) in [6.45, 7) is 0. The first-order chi connectivity index (χ1) is 9.08. The van der Waals surface area contributed by atoms with E-state index in [2.05, 4.69) is 15.9 Å². The molecule has 3 rings (SSSR count). The van der Waals surface area contributed by atoms with E-state index in [0.29, 0.717) is 26.6 Å². The summed E-state index contributed by atoms with van der Waals surface area (Å²) in [6, 6.07) is 11.7. The molecule has 2 aromatic rings. The normalized spacial score (nSPS) is 13.9. The van der Waals surface area contributed by atoms with Crippen LogP contribution in [0, 0.1) is 5.21 Å². The van der Waals surface area contributed by atoms with Crippen molar-refractivity contribution in [1.29, 1.82) is 0 Å². The molecule has 0 fully saturated rings. The topological polar surface area (TPSA) is 43.1 Å². The molecule has 5 heteroatoms. The largest absolute Gasteiger partial charge is 0.618 e. The first kappa shape index (κ1) is 12.4. The summed E-state index contributed by atoms with van der Waals surface area (Å²) in [4.78, 5) is 12.3. The van der Waals surface area contributed by atoms with Gasteiger partial charge in [0.25, 0.3) is 11.5 Å². The van der Waals surface area contributed by atoms with Crippen molar-refractivity contribution >= 4 is 44.7 Å². The third kappa shape index (κ3) is 1.97. The molecular formula is C14H7BrClNO2. The second-order valence-corrected chi connectivity index (χ2v) is 5.50. The second-order valence-electron chi connectivity index (χ2n) is 4.14. The van der Waals surface area contributed by atoms with Gasteiger partial charge in [-0.1, -0.05) is 33.6 Å². The fourth-order valence-electron chi connectivity index (χ4n) is 2.09. The van der Waals surface area contributed by atoms with Crippen LogP contribution in [0.1, 0.15) is 15.9 Å². The quantitative estimate of drug-likeness (QED) is 0.585. The number of ketones is 1. The van der Waals surface area contributed by atoms with E-state index < -0.39 is 0 Å². The lowest BCUT2D eigenvalue weighted by Gasteiger charge is -2.02. The number of rotatable bonds is 1. The molecule has 0 saturated heterocycles. The molecule has 1 heterocycles. The number of Topliss-reactive ketones (excluding diaryl/α,β-unsaturated/α-hetero) is 1. The summed E-state index contributed by atoms with van der Waals surface area (Å²) in [7, 11) is 0. The number of benzene rings is 2. The molecule has 0 amide bonds. The summed E-state index contributed by atoms with van der Waals surface area (Å²) >= 11 is 9.20. The Morgan fingerprint density at radius 2 is 1.95 bits per heavy atom. The standard InChI is InChI=1S/C14H7BrClNO2/c15-9-4-5-12-11(7-9)14(18)13(17(12)19)8-2-1-3-10(16)6-8/h1-7H. The molecule has 3 nitrogen and oxygen atoms in total. The third-order valence-electron chi connectivity index (χ3n) is 2.94. The Morgan fingerprint density at radius 3 is 2.68 bits per heavy atom. The highest BCUT2D eigenvalue weighted by molar-refractivity contribution is 9.10. The highest BCUT2D eigenvalue weighted by atomic mass is 79.9. The highest BCUT2D eigenvalue weighted by Crippen LogP contribution is 2.30. The Balaban J connectivity index is 2.20. The van der Waals surface area contributed by atoms with Crippen LogP contribution < -0.4 is 0 Å². The van der Waals surface area contributed by atoms with Crippen molar-refractivity contribution in [1.82, 2.24) is 0 Å². The van der Waals surface area contributed by atoms with Crippen molar-refractivity contribution in [2.45, 2.75) is 0 Å². The minimum Gasteiger partial charge on any atom is -0.618 e. The number of carbonyl (C=O) groups is 1. The van der Waals surface area contributed by atoms with E-state index in [1.165, 1.54) is 0 Å². The third-order valence-corrected chi connectivity index (χ3v) is 3.67. The average Bonchev–Trinajstić information content (AvgIpc) is 2.61. The van der Waals surface area contributed by atoms with Gasteiger partial charge in [0.1, 0.15) is 5.56 Å². The van der Waals surface area contributed by atoms with Gasteiger partial charge in [0.05, 0.1) is 5.56 Å². The van der Waals surface area contributed by atoms with Crippen LogP contribution in [0.3, 0.4) is 0 Å². The van der Waals surface area contributed by atoms with Crippen LogP contribution in [0.2, 0.25) is 5.02 Å². The predicted octanol–water partition coefficient (Wildman–Crippen LogP) is 3.93. The van der Waals surface area contributed by atoms with E-state index in [4.69, 9.17) is 11.6 Å². The zero-order chi connectivity index (χ0) is 13.6. The van der Waals surface area contributed by atoms with Crippen LogP contribution in [-0.2, 0) is 0 Å². The number of carbonyl (C=O) groups excluding carboxylic acids is 1.